The maximum atomic E-state index is 12.7. The first-order valence-corrected chi connectivity index (χ1v) is 7.78. The highest BCUT2D eigenvalue weighted by Gasteiger charge is 2.30. The molecule has 6 heteroatoms. The summed E-state index contributed by atoms with van der Waals surface area (Å²) in [7, 11) is 0. The van der Waals surface area contributed by atoms with Gasteiger partial charge in [-0.1, -0.05) is 34.1 Å². The molecule has 0 saturated carbocycles. The van der Waals surface area contributed by atoms with E-state index < -0.39 is 11.7 Å². The van der Waals surface area contributed by atoms with Crippen molar-refractivity contribution in [2.24, 2.45) is 0 Å². The molecule has 0 amide bonds. The Morgan fingerprint density at radius 3 is 2.30 bits per heavy atom. The number of nitrogens with zero attached hydrogens (tertiary/aromatic N) is 2. The molecule has 0 unspecified atom stereocenters. The minimum atomic E-state index is -4.26. The molecule has 1 heterocycles. The minimum Gasteiger partial charge on any atom is -0.300 e. The zero-order chi connectivity index (χ0) is 14.6. The Morgan fingerprint density at radius 1 is 1.05 bits per heavy atom. The molecule has 1 aliphatic rings. The predicted molar refractivity (Wildman–Crippen MR) is 77.0 cm³/mol. The molecule has 1 aliphatic heterocycles. The van der Waals surface area contributed by atoms with Crippen molar-refractivity contribution in [1.82, 2.24) is 9.80 Å². The van der Waals surface area contributed by atoms with Gasteiger partial charge in [-0.25, -0.2) is 0 Å². The second-order valence-electron chi connectivity index (χ2n) is 5.00. The lowest BCUT2D eigenvalue weighted by atomic mass is 10.1. The molecule has 0 spiro atoms. The van der Waals surface area contributed by atoms with Gasteiger partial charge < -0.3 is 0 Å². The van der Waals surface area contributed by atoms with E-state index in [1.165, 1.54) is 12.1 Å². The van der Waals surface area contributed by atoms with E-state index >= 15 is 0 Å². The van der Waals surface area contributed by atoms with Crippen LogP contribution in [0.4, 0.5) is 13.2 Å². The van der Waals surface area contributed by atoms with E-state index in [1.807, 2.05) is 0 Å². The third-order valence-electron chi connectivity index (χ3n) is 3.53. The Hall–Kier alpha value is -0.590. The van der Waals surface area contributed by atoms with Crippen molar-refractivity contribution >= 4 is 15.9 Å². The van der Waals surface area contributed by atoms with Crippen LogP contribution in [-0.2, 0) is 12.7 Å². The molecule has 0 radical (unpaired) electrons. The molecule has 20 heavy (non-hydrogen) atoms. The summed E-state index contributed by atoms with van der Waals surface area (Å²) < 4.78 is 38.0. The van der Waals surface area contributed by atoms with Crippen LogP contribution in [0.3, 0.4) is 0 Å². The van der Waals surface area contributed by atoms with Crippen LogP contribution in [0, 0.1) is 0 Å². The molecule has 112 valence electrons. The molecule has 2 rings (SSSR count). The summed E-state index contributed by atoms with van der Waals surface area (Å²) in [6.07, 6.45) is -4.26. The number of rotatable bonds is 4. The third kappa shape index (κ3) is 4.46. The summed E-state index contributed by atoms with van der Waals surface area (Å²) in [4.78, 5) is 4.57. The summed E-state index contributed by atoms with van der Waals surface area (Å²) in [6.45, 7) is 5.38. The number of hydrogen-bond acceptors (Lipinski definition) is 2. The summed E-state index contributed by atoms with van der Waals surface area (Å²) in [5.41, 5.74) is 0.168. The first-order chi connectivity index (χ1) is 9.49. The molecular weight excluding hydrogens is 333 g/mol. The fourth-order valence-electron chi connectivity index (χ4n) is 2.39. The van der Waals surface area contributed by atoms with Crippen molar-refractivity contribution in [2.45, 2.75) is 12.7 Å². The van der Waals surface area contributed by atoms with Crippen molar-refractivity contribution in [1.29, 1.82) is 0 Å². The average Bonchev–Trinajstić information content (AvgIpc) is 2.41. The average molecular weight is 351 g/mol. The van der Waals surface area contributed by atoms with E-state index in [0.717, 1.165) is 49.7 Å². The summed E-state index contributed by atoms with van der Waals surface area (Å²) in [5, 5.41) is 0.959. The Bertz CT molecular complexity index is 429. The van der Waals surface area contributed by atoms with E-state index in [-0.39, 0.29) is 0 Å². The fourth-order valence-corrected chi connectivity index (χ4v) is 2.90. The first-order valence-electron chi connectivity index (χ1n) is 6.66. The molecule has 1 saturated heterocycles. The zero-order valence-electron chi connectivity index (χ0n) is 11.2. The number of benzene rings is 1. The largest absolute Gasteiger partial charge is 0.416 e. The zero-order valence-corrected chi connectivity index (χ0v) is 12.8. The van der Waals surface area contributed by atoms with Crippen molar-refractivity contribution < 1.29 is 13.2 Å². The molecule has 1 fully saturated rings. The van der Waals surface area contributed by atoms with Gasteiger partial charge in [0.15, 0.2) is 0 Å². The SMILES string of the molecule is FC(F)(F)c1cccc(CN2CCN(CCBr)CC2)c1. The van der Waals surface area contributed by atoms with E-state index in [9.17, 15) is 13.2 Å². The van der Waals surface area contributed by atoms with Gasteiger partial charge in [-0.05, 0) is 11.6 Å². The summed E-state index contributed by atoms with van der Waals surface area (Å²) >= 11 is 3.42. The lowest BCUT2D eigenvalue weighted by molar-refractivity contribution is -0.137. The van der Waals surface area contributed by atoms with Gasteiger partial charge in [-0.15, -0.1) is 0 Å². The summed E-state index contributed by atoms with van der Waals surface area (Å²) in [6, 6.07) is 5.63. The standard InChI is InChI=1S/C14H18BrF3N2/c15-4-5-19-6-8-20(9-7-19)11-12-2-1-3-13(10-12)14(16,17)18/h1-3,10H,4-9,11H2. The van der Waals surface area contributed by atoms with Crippen molar-refractivity contribution in [3.63, 3.8) is 0 Å². The van der Waals surface area contributed by atoms with Gasteiger partial charge in [-0.3, -0.25) is 9.80 Å². The van der Waals surface area contributed by atoms with E-state index in [1.54, 1.807) is 6.07 Å². The lowest BCUT2D eigenvalue weighted by Crippen LogP contribution is -2.46. The van der Waals surface area contributed by atoms with Gasteiger partial charge in [0, 0.05) is 44.6 Å². The Labute approximate surface area is 125 Å². The van der Waals surface area contributed by atoms with Crippen LogP contribution >= 0.6 is 15.9 Å². The first kappa shape index (κ1) is 15.8. The van der Waals surface area contributed by atoms with Gasteiger partial charge in [0.25, 0.3) is 0 Å². The molecular formula is C14H18BrF3N2. The number of piperazine rings is 1. The predicted octanol–water partition coefficient (Wildman–Crippen LogP) is 3.22. The Balaban J connectivity index is 1.91. The van der Waals surface area contributed by atoms with E-state index in [4.69, 9.17) is 0 Å². The molecule has 0 aliphatic carbocycles. The molecule has 1 aromatic rings. The van der Waals surface area contributed by atoms with Gasteiger partial charge in [0.2, 0.25) is 0 Å². The van der Waals surface area contributed by atoms with Crippen LogP contribution < -0.4 is 0 Å². The van der Waals surface area contributed by atoms with Crippen LogP contribution in [0.5, 0.6) is 0 Å². The van der Waals surface area contributed by atoms with Crippen LogP contribution in [0.1, 0.15) is 11.1 Å². The maximum Gasteiger partial charge on any atom is 0.416 e. The summed E-state index contributed by atoms with van der Waals surface area (Å²) in [5.74, 6) is 0. The molecule has 0 bridgehead atoms. The molecule has 0 atom stereocenters. The Morgan fingerprint density at radius 2 is 1.70 bits per heavy atom. The van der Waals surface area contributed by atoms with Crippen LogP contribution in [0.25, 0.3) is 0 Å². The van der Waals surface area contributed by atoms with Gasteiger partial charge in [-0.2, -0.15) is 13.2 Å². The van der Waals surface area contributed by atoms with E-state index in [0.29, 0.717) is 6.54 Å². The number of hydrogen-bond donors (Lipinski definition) is 0. The number of halogens is 4. The van der Waals surface area contributed by atoms with Crippen LogP contribution in [-0.4, -0.2) is 47.9 Å². The lowest BCUT2D eigenvalue weighted by Gasteiger charge is -2.34. The second-order valence-corrected chi connectivity index (χ2v) is 5.80. The van der Waals surface area contributed by atoms with Crippen LogP contribution in [0.2, 0.25) is 0 Å². The highest BCUT2D eigenvalue weighted by molar-refractivity contribution is 9.09. The fraction of sp³-hybridized carbons (Fsp3) is 0.571. The topological polar surface area (TPSA) is 6.48 Å². The van der Waals surface area contributed by atoms with E-state index in [2.05, 4.69) is 25.7 Å². The maximum absolute atomic E-state index is 12.7. The minimum absolute atomic E-state index is 0.562. The van der Waals surface area contributed by atoms with Gasteiger partial charge in [0.1, 0.15) is 0 Å². The molecule has 2 nitrogen and oxygen atoms in total. The normalized spacial score (nSPS) is 18.4. The Kier molecular flexibility index (Phi) is 5.46. The van der Waals surface area contributed by atoms with Gasteiger partial charge >= 0.3 is 6.18 Å². The quantitative estimate of drug-likeness (QED) is 0.769. The van der Waals surface area contributed by atoms with Crippen molar-refractivity contribution in [3.8, 4) is 0 Å². The highest BCUT2D eigenvalue weighted by Crippen LogP contribution is 2.29. The molecule has 0 aromatic heterocycles. The highest BCUT2D eigenvalue weighted by atomic mass is 79.9. The monoisotopic (exact) mass is 350 g/mol. The second kappa shape index (κ2) is 6.91. The van der Waals surface area contributed by atoms with Crippen molar-refractivity contribution in [2.75, 3.05) is 38.1 Å². The third-order valence-corrected chi connectivity index (χ3v) is 3.88. The van der Waals surface area contributed by atoms with Gasteiger partial charge in [0.05, 0.1) is 5.56 Å². The van der Waals surface area contributed by atoms with Crippen molar-refractivity contribution in [3.05, 3.63) is 35.4 Å². The smallest absolute Gasteiger partial charge is 0.300 e. The van der Waals surface area contributed by atoms with Crippen LogP contribution in [0.15, 0.2) is 24.3 Å². The number of alkyl halides is 4. The molecule has 0 N–H and O–H groups in total. The molecule has 1 aromatic carbocycles.